The number of nitrogens with zero attached hydrogens (tertiary/aromatic N) is 5. The Morgan fingerprint density at radius 1 is 1.09 bits per heavy atom. The topological polar surface area (TPSA) is 69.8 Å². The van der Waals surface area contributed by atoms with Crippen LogP contribution in [0.2, 0.25) is 0 Å². The number of hydrogen-bond acceptors (Lipinski definition) is 5. The van der Waals surface area contributed by atoms with E-state index in [9.17, 15) is 4.39 Å². The van der Waals surface area contributed by atoms with Gasteiger partial charge < -0.3 is 19.2 Å². The molecule has 5 aromatic rings. The molecule has 0 radical (unpaired) electrons. The van der Waals surface area contributed by atoms with Crippen LogP contribution in [0.4, 0.5) is 10.3 Å². The van der Waals surface area contributed by atoms with E-state index in [0.717, 1.165) is 59.1 Å². The second-order valence-corrected chi connectivity index (χ2v) is 8.70. The lowest BCUT2D eigenvalue weighted by Gasteiger charge is -2.19. The molecule has 4 heterocycles. The molecule has 0 spiro atoms. The van der Waals surface area contributed by atoms with Crippen LogP contribution in [0.15, 0.2) is 67.0 Å². The SMILES string of the molecule is CNc1nccc(-c2c(-c3ccc(F)cc3)nc3n2C(Cn2ccc4ccc(OC)cc42)CC3)n1. The summed E-state index contributed by atoms with van der Waals surface area (Å²) in [6.45, 7) is 0.792. The third-order valence-corrected chi connectivity index (χ3v) is 6.68. The molecule has 1 aliphatic rings. The van der Waals surface area contributed by atoms with Gasteiger partial charge in [0.05, 0.1) is 35.8 Å². The van der Waals surface area contributed by atoms with Gasteiger partial charge in [0.2, 0.25) is 5.95 Å². The van der Waals surface area contributed by atoms with Gasteiger partial charge in [0.1, 0.15) is 17.4 Å². The Kier molecular flexibility index (Phi) is 5.21. The number of ether oxygens (including phenoxy) is 1. The fourth-order valence-electron chi connectivity index (χ4n) is 4.99. The van der Waals surface area contributed by atoms with E-state index in [2.05, 4.69) is 43.8 Å². The van der Waals surface area contributed by atoms with Crippen molar-refractivity contribution in [2.45, 2.75) is 25.4 Å². The summed E-state index contributed by atoms with van der Waals surface area (Å²) < 4.78 is 23.7. The Morgan fingerprint density at radius 3 is 2.74 bits per heavy atom. The minimum Gasteiger partial charge on any atom is -0.497 e. The first-order valence-corrected chi connectivity index (χ1v) is 11.7. The zero-order valence-electron chi connectivity index (χ0n) is 19.6. The monoisotopic (exact) mass is 468 g/mol. The summed E-state index contributed by atoms with van der Waals surface area (Å²) in [5.74, 6) is 2.13. The maximum absolute atomic E-state index is 13.7. The number of aromatic nitrogens is 5. The van der Waals surface area contributed by atoms with Crippen molar-refractivity contribution in [3.8, 4) is 28.4 Å². The van der Waals surface area contributed by atoms with E-state index >= 15 is 0 Å². The van der Waals surface area contributed by atoms with Crippen molar-refractivity contribution in [1.82, 2.24) is 24.1 Å². The second kappa shape index (κ2) is 8.54. The first kappa shape index (κ1) is 21.3. The van der Waals surface area contributed by atoms with Gasteiger partial charge in [-0.15, -0.1) is 0 Å². The summed E-state index contributed by atoms with van der Waals surface area (Å²) in [6, 6.07) is 16.9. The molecule has 6 rings (SSSR count). The Balaban J connectivity index is 1.48. The number of nitrogens with one attached hydrogen (secondary N) is 1. The molecule has 2 aromatic carbocycles. The number of anilines is 1. The number of hydrogen-bond donors (Lipinski definition) is 1. The smallest absolute Gasteiger partial charge is 0.222 e. The van der Waals surface area contributed by atoms with Crippen LogP contribution in [0, 0.1) is 5.82 Å². The highest BCUT2D eigenvalue weighted by molar-refractivity contribution is 5.82. The molecule has 35 heavy (non-hydrogen) atoms. The summed E-state index contributed by atoms with van der Waals surface area (Å²) in [5.41, 5.74) is 4.53. The van der Waals surface area contributed by atoms with E-state index in [1.165, 1.54) is 17.5 Å². The molecule has 1 atom stereocenters. The minimum absolute atomic E-state index is 0.191. The van der Waals surface area contributed by atoms with Crippen LogP contribution in [0.25, 0.3) is 33.5 Å². The molecule has 1 N–H and O–H groups in total. The van der Waals surface area contributed by atoms with Gasteiger partial charge in [0.15, 0.2) is 0 Å². The summed E-state index contributed by atoms with van der Waals surface area (Å²) in [6.07, 6.45) is 5.72. The van der Waals surface area contributed by atoms with Gasteiger partial charge in [0, 0.05) is 44.0 Å². The molecule has 176 valence electrons. The molecule has 0 amide bonds. The molecule has 0 saturated heterocycles. The number of halogens is 1. The molecule has 1 aliphatic heterocycles. The van der Waals surface area contributed by atoms with Crippen molar-refractivity contribution in [3.63, 3.8) is 0 Å². The number of fused-ring (bicyclic) bond motifs is 2. The van der Waals surface area contributed by atoms with Crippen LogP contribution in [0.5, 0.6) is 5.75 Å². The largest absolute Gasteiger partial charge is 0.497 e. The van der Waals surface area contributed by atoms with Crippen LogP contribution in [-0.4, -0.2) is 38.2 Å². The zero-order chi connectivity index (χ0) is 23.9. The number of methoxy groups -OCH3 is 1. The van der Waals surface area contributed by atoms with E-state index in [4.69, 9.17) is 14.7 Å². The minimum atomic E-state index is -0.269. The molecule has 8 heteroatoms. The highest BCUT2D eigenvalue weighted by Crippen LogP contribution is 2.40. The molecule has 0 bridgehead atoms. The Bertz CT molecular complexity index is 1520. The lowest BCUT2D eigenvalue weighted by atomic mass is 10.1. The fourth-order valence-corrected chi connectivity index (χ4v) is 4.99. The third-order valence-electron chi connectivity index (χ3n) is 6.68. The standard InChI is InChI=1S/C27H25FN6O/c1-29-27-30-13-11-22(31-27)26-25(18-3-6-19(28)7-4-18)32-24-10-8-20(34(24)26)16-33-14-12-17-5-9-21(35-2)15-23(17)33/h3-7,9,11-15,20H,8,10,16H2,1-2H3,(H,29,30,31). The van der Waals surface area contributed by atoms with Gasteiger partial charge in [-0.25, -0.2) is 19.3 Å². The zero-order valence-corrected chi connectivity index (χ0v) is 19.6. The Morgan fingerprint density at radius 2 is 1.94 bits per heavy atom. The highest BCUT2D eigenvalue weighted by atomic mass is 19.1. The summed E-state index contributed by atoms with van der Waals surface area (Å²) in [7, 11) is 3.49. The maximum Gasteiger partial charge on any atom is 0.222 e. The van der Waals surface area contributed by atoms with E-state index in [1.807, 2.05) is 12.1 Å². The van der Waals surface area contributed by atoms with Crippen LogP contribution < -0.4 is 10.1 Å². The molecule has 1 unspecified atom stereocenters. The van der Waals surface area contributed by atoms with Crippen LogP contribution in [0.1, 0.15) is 18.3 Å². The molecule has 0 saturated carbocycles. The quantitative estimate of drug-likeness (QED) is 0.364. The van der Waals surface area contributed by atoms with Gasteiger partial charge in [-0.3, -0.25) is 0 Å². The predicted molar refractivity (Wildman–Crippen MR) is 134 cm³/mol. The van der Waals surface area contributed by atoms with E-state index in [1.54, 1.807) is 32.5 Å². The van der Waals surface area contributed by atoms with E-state index < -0.39 is 0 Å². The summed E-state index contributed by atoms with van der Waals surface area (Å²) >= 11 is 0. The van der Waals surface area contributed by atoms with Crippen LogP contribution in [0.3, 0.4) is 0 Å². The van der Waals surface area contributed by atoms with Gasteiger partial charge in [-0.05, 0) is 60.3 Å². The highest BCUT2D eigenvalue weighted by Gasteiger charge is 2.31. The molecule has 7 nitrogen and oxygen atoms in total. The number of rotatable bonds is 6. The molecule has 0 fully saturated rings. The van der Waals surface area contributed by atoms with Crippen molar-refractivity contribution in [1.29, 1.82) is 0 Å². The average molecular weight is 469 g/mol. The van der Waals surface area contributed by atoms with Crippen LogP contribution >= 0.6 is 0 Å². The first-order valence-electron chi connectivity index (χ1n) is 11.7. The van der Waals surface area contributed by atoms with Crippen molar-refractivity contribution in [3.05, 3.63) is 78.6 Å². The Hall–Kier alpha value is -4.20. The maximum atomic E-state index is 13.7. The molecular weight excluding hydrogens is 443 g/mol. The summed E-state index contributed by atoms with van der Waals surface area (Å²) in [5, 5.41) is 4.20. The van der Waals surface area contributed by atoms with E-state index in [-0.39, 0.29) is 11.9 Å². The molecule has 0 aliphatic carbocycles. The second-order valence-electron chi connectivity index (χ2n) is 8.70. The van der Waals surface area contributed by atoms with Gasteiger partial charge in [-0.2, -0.15) is 0 Å². The molecule has 3 aromatic heterocycles. The predicted octanol–water partition coefficient (Wildman–Crippen LogP) is 5.34. The Labute approximate surface area is 202 Å². The lowest BCUT2D eigenvalue weighted by molar-refractivity contribution is 0.414. The van der Waals surface area contributed by atoms with Crippen LogP contribution in [-0.2, 0) is 13.0 Å². The first-order chi connectivity index (χ1) is 17.1. The van der Waals surface area contributed by atoms with Gasteiger partial charge in [-0.1, -0.05) is 0 Å². The van der Waals surface area contributed by atoms with E-state index in [0.29, 0.717) is 5.95 Å². The third kappa shape index (κ3) is 3.71. The number of imidazole rings is 1. The van der Waals surface area contributed by atoms with Gasteiger partial charge >= 0.3 is 0 Å². The average Bonchev–Trinajstić information content (AvgIpc) is 3.59. The fraction of sp³-hybridized carbons (Fsp3) is 0.222. The normalized spacial score (nSPS) is 14.9. The van der Waals surface area contributed by atoms with Crippen molar-refractivity contribution in [2.75, 3.05) is 19.5 Å². The van der Waals surface area contributed by atoms with Crippen molar-refractivity contribution >= 4 is 16.9 Å². The lowest BCUT2D eigenvalue weighted by Crippen LogP contribution is -2.13. The number of aryl methyl sites for hydroxylation is 1. The van der Waals surface area contributed by atoms with Crippen molar-refractivity contribution < 1.29 is 9.13 Å². The molecular formula is C27H25FN6O. The summed E-state index contributed by atoms with van der Waals surface area (Å²) in [4.78, 5) is 14.0. The van der Waals surface area contributed by atoms with Crippen molar-refractivity contribution in [2.24, 2.45) is 0 Å². The number of benzene rings is 2. The van der Waals surface area contributed by atoms with Gasteiger partial charge in [0.25, 0.3) is 0 Å².